The third-order valence-corrected chi connectivity index (χ3v) is 4.25. The molecule has 0 bridgehead atoms. The second-order valence-electron chi connectivity index (χ2n) is 6.35. The third kappa shape index (κ3) is 3.81. The van der Waals surface area contributed by atoms with Crippen LogP contribution < -0.4 is 10.3 Å². The van der Waals surface area contributed by atoms with Gasteiger partial charge in [-0.15, -0.1) is 0 Å². The third-order valence-electron chi connectivity index (χ3n) is 4.25. The minimum atomic E-state index is -0.345. The maximum absolute atomic E-state index is 12.6. The number of nitrogens with one attached hydrogen (secondary N) is 1. The van der Waals surface area contributed by atoms with Crippen molar-refractivity contribution in [2.75, 3.05) is 10.3 Å². The van der Waals surface area contributed by atoms with Crippen molar-refractivity contribution in [3.05, 3.63) is 59.2 Å². The molecule has 0 unspecified atom stereocenters. The first kappa shape index (κ1) is 17.8. The summed E-state index contributed by atoms with van der Waals surface area (Å²) in [6.07, 6.45) is 0.530. The van der Waals surface area contributed by atoms with Crippen LogP contribution >= 0.6 is 0 Å². The quantitative estimate of drug-likeness (QED) is 0.888. The summed E-state index contributed by atoms with van der Waals surface area (Å²) >= 11 is 0. The monoisotopic (exact) mass is 351 g/mol. The molecule has 0 radical (unpaired) electrons. The van der Waals surface area contributed by atoms with E-state index in [0.717, 1.165) is 11.1 Å². The minimum Gasteiger partial charge on any atom is -0.392 e. The smallest absolute Gasteiger partial charge is 0.271 e. The molecule has 2 amide bonds. The van der Waals surface area contributed by atoms with Crippen LogP contribution in [0.3, 0.4) is 0 Å². The summed E-state index contributed by atoms with van der Waals surface area (Å²) in [6, 6.07) is 12.8. The first-order valence-corrected chi connectivity index (χ1v) is 8.47. The summed E-state index contributed by atoms with van der Waals surface area (Å²) in [6.45, 7) is 3.76. The van der Waals surface area contributed by atoms with Crippen LogP contribution in [0, 0.1) is 13.8 Å². The molecule has 0 saturated heterocycles. The first-order valence-electron chi connectivity index (χ1n) is 8.47. The number of nitrogens with zero attached hydrogens (tertiary/aromatic N) is 2. The number of anilines is 2. The zero-order chi connectivity index (χ0) is 18.7. The molecule has 2 N–H and O–H groups in total. The summed E-state index contributed by atoms with van der Waals surface area (Å²) < 4.78 is 0. The van der Waals surface area contributed by atoms with E-state index in [1.165, 1.54) is 5.01 Å². The van der Waals surface area contributed by atoms with Crippen LogP contribution in [-0.2, 0) is 16.2 Å². The standard InChI is InChI=1S/C20H21N3O3/c1-13-6-7-14(2)18(10-13)23-19(25)9-8-17(22-23)20(26)21-16-5-3-4-15(11-16)12-24/h3-7,10-11,24H,8-9,12H2,1-2H3,(H,21,26). The van der Waals surface area contributed by atoms with Crippen molar-refractivity contribution in [2.45, 2.75) is 33.3 Å². The van der Waals surface area contributed by atoms with E-state index in [-0.39, 0.29) is 24.8 Å². The van der Waals surface area contributed by atoms with Crippen LogP contribution in [0.2, 0.25) is 0 Å². The summed E-state index contributed by atoms with van der Waals surface area (Å²) in [5.41, 5.74) is 4.23. The summed E-state index contributed by atoms with van der Waals surface area (Å²) in [5.74, 6) is -0.472. The molecule has 6 nitrogen and oxygen atoms in total. The predicted molar refractivity (Wildman–Crippen MR) is 101 cm³/mol. The van der Waals surface area contributed by atoms with E-state index in [9.17, 15) is 14.7 Å². The fourth-order valence-corrected chi connectivity index (χ4v) is 2.80. The van der Waals surface area contributed by atoms with Gasteiger partial charge in [-0.2, -0.15) is 5.10 Å². The van der Waals surface area contributed by atoms with Gasteiger partial charge in [0.15, 0.2) is 0 Å². The number of hydrogen-bond donors (Lipinski definition) is 2. The van der Waals surface area contributed by atoms with Gasteiger partial charge in [0.2, 0.25) is 5.91 Å². The molecule has 1 aliphatic heterocycles. The van der Waals surface area contributed by atoms with Gasteiger partial charge in [-0.05, 0) is 48.7 Å². The highest BCUT2D eigenvalue weighted by atomic mass is 16.3. The molecule has 0 saturated carbocycles. The molecule has 0 spiro atoms. The zero-order valence-corrected chi connectivity index (χ0v) is 14.8. The highest BCUT2D eigenvalue weighted by Crippen LogP contribution is 2.25. The Morgan fingerprint density at radius 1 is 1.19 bits per heavy atom. The van der Waals surface area contributed by atoms with E-state index in [4.69, 9.17) is 0 Å². The lowest BCUT2D eigenvalue weighted by molar-refractivity contribution is -0.118. The van der Waals surface area contributed by atoms with Crippen molar-refractivity contribution >= 4 is 28.9 Å². The number of aliphatic hydroxyl groups is 1. The van der Waals surface area contributed by atoms with Crippen molar-refractivity contribution in [1.82, 2.24) is 0 Å². The SMILES string of the molecule is Cc1ccc(C)c(N2N=C(C(=O)Nc3cccc(CO)c3)CCC2=O)c1. The number of amides is 2. The van der Waals surface area contributed by atoms with Gasteiger partial charge in [0, 0.05) is 18.5 Å². The number of hydrogen-bond acceptors (Lipinski definition) is 4. The fourth-order valence-electron chi connectivity index (χ4n) is 2.80. The van der Waals surface area contributed by atoms with Crippen LogP contribution in [0.4, 0.5) is 11.4 Å². The van der Waals surface area contributed by atoms with Crippen LogP contribution in [0.25, 0.3) is 0 Å². The van der Waals surface area contributed by atoms with Gasteiger partial charge in [-0.3, -0.25) is 9.59 Å². The topological polar surface area (TPSA) is 82.0 Å². The molecule has 1 heterocycles. The lowest BCUT2D eigenvalue weighted by Crippen LogP contribution is -2.36. The maximum atomic E-state index is 12.6. The van der Waals surface area contributed by atoms with Crippen molar-refractivity contribution in [3.63, 3.8) is 0 Å². The number of aliphatic hydroxyl groups excluding tert-OH is 1. The Labute approximate surface area is 152 Å². The molecule has 26 heavy (non-hydrogen) atoms. The number of aryl methyl sites for hydroxylation is 2. The van der Waals surface area contributed by atoms with Gasteiger partial charge in [0.05, 0.1) is 12.3 Å². The number of carbonyl (C=O) groups excluding carboxylic acids is 2. The molecule has 134 valence electrons. The van der Waals surface area contributed by atoms with Crippen molar-refractivity contribution in [1.29, 1.82) is 0 Å². The molecule has 0 atom stereocenters. The molecule has 3 rings (SSSR count). The Morgan fingerprint density at radius 2 is 2.00 bits per heavy atom. The van der Waals surface area contributed by atoms with E-state index >= 15 is 0 Å². The van der Waals surface area contributed by atoms with Crippen LogP contribution in [0.1, 0.15) is 29.5 Å². The van der Waals surface area contributed by atoms with Crippen molar-refractivity contribution in [3.8, 4) is 0 Å². The molecular formula is C20H21N3O3. The average Bonchev–Trinajstić information content (AvgIpc) is 2.64. The lowest BCUT2D eigenvalue weighted by atomic mass is 10.1. The molecule has 0 aliphatic carbocycles. The molecular weight excluding hydrogens is 330 g/mol. The van der Waals surface area contributed by atoms with Crippen LogP contribution in [0.5, 0.6) is 0 Å². The van der Waals surface area contributed by atoms with Crippen LogP contribution in [0.15, 0.2) is 47.6 Å². The van der Waals surface area contributed by atoms with E-state index in [2.05, 4.69) is 10.4 Å². The zero-order valence-electron chi connectivity index (χ0n) is 14.8. The van der Waals surface area contributed by atoms with Gasteiger partial charge >= 0.3 is 0 Å². The number of rotatable bonds is 4. The van der Waals surface area contributed by atoms with Gasteiger partial charge in [-0.25, -0.2) is 5.01 Å². The lowest BCUT2D eigenvalue weighted by Gasteiger charge is -2.24. The van der Waals surface area contributed by atoms with Gasteiger partial charge in [0.25, 0.3) is 5.91 Å². The van der Waals surface area contributed by atoms with E-state index in [1.54, 1.807) is 24.3 Å². The molecule has 1 aliphatic rings. The fraction of sp³-hybridized carbons (Fsp3) is 0.250. The summed E-state index contributed by atoms with van der Waals surface area (Å²) in [7, 11) is 0. The van der Waals surface area contributed by atoms with Gasteiger partial charge in [-0.1, -0.05) is 24.3 Å². The van der Waals surface area contributed by atoms with E-state index in [0.29, 0.717) is 29.1 Å². The van der Waals surface area contributed by atoms with Crippen molar-refractivity contribution in [2.24, 2.45) is 5.10 Å². The normalized spacial score (nSPS) is 14.2. The number of carbonyl (C=O) groups is 2. The number of benzene rings is 2. The van der Waals surface area contributed by atoms with Crippen molar-refractivity contribution < 1.29 is 14.7 Å². The average molecular weight is 351 g/mol. The second kappa shape index (κ2) is 7.49. The first-order chi connectivity index (χ1) is 12.5. The van der Waals surface area contributed by atoms with E-state index in [1.807, 2.05) is 32.0 Å². The maximum Gasteiger partial charge on any atom is 0.271 e. The Hall–Kier alpha value is -2.99. The molecule has 6 heteroatoms. The van der Waals surface area contributed by atoms with E-state index < -0.39 is 0 Å². The molecule has 2 aromatic carbocycles. The highest BCUT2D eigenvalue weighted by Gasteiger charge is 2.26. The Kier molecular flexibility index (Phi) is 5.14. The molecule has 0 fully saturated rings. The Bertz CT molecular complexity index is 890. The second-order valence-corrected chi connectivity index (χ2v) is 6.35. The summed E-state index contributed by atoms with van der Waals surface area (Å²) in [5, 5.41) is 17.6. The van der Waals surface area contributed by atoms with Crippen LogP contribution in [-0.4, -0.2) is 22.6 Å². The largest absolute Gasteiger partial charge is 0.392 e. The van der Waals surface area contributed by atoms with Gasteiger partial charge in [0.1, 0.15) is 5.71 Å². The Balaban J connectivity index is 1.86. The summed E-state index contributed by atoms with van der Waals surface area (Å²) in [4.78, 5) is 24.9. The molecule has 2 aromatic rings. The predicted octanol–water partition coefficient (Wildman–Crippen LogP) is 2.92. The minimum absolute atomic E-state index is 0.0976. The molecule has 0 aromatic heterocycles. The highest BCUT2D eigenvalue weighted by molar-refractivity contribution is 6.44. The Morgan fingerprint density at radius 3 is 2.77 bits per heavy atom. The van der Waals surface area contributed by atoms with Gasteiger partial charge < -0.3 is 10.4 Å². The number of hydrazone groups is 1.